The van der Waals surface area contributed by atoms with Gasteiger partial charge in [0.25, 0.3) is 0 Å². The van der Waals surface area contributed by atoms with Crippen molar-refractivity contribution < 1.29 is 0 Å². The molecule has 0 bridgehead atoms. The summed E-state index contributed by atoms with van der Waals surface area (Å²) in [6, 6.07) is 13.2. The molecule has 5 heteroatoms. The highest BCUT2D eigenvalue weighted by molar-refractivity contribution is 5.36. The van der Waals surface area contributed by atoms with Gasteiger partial charge in [0, 0.05) is 13.1 Å². The predicted molar refractivity (Wildman–Crippen MR) is 83.7 cm³/mol. The minimum absolute atomic E-state index is 0.00971. The summed E-state index contributed by atoms with van der Waals surface area (Å²) in [5.41, 5.74) is 1.99. The predicted octanol–water partition coefficient (Wildman–Crippen LogP) is 2.54. The van der Waals surface area contributed by atoms with Gasteiger partial charge in [0.15, 0.2) is 0 Å². The molecule has 0 aliphatic heterocycles. The second-order valence-corrected chi connectivity index (χ2v) is 6.05. The highest BCUT2D eigenvalue weighted by atomic mass is 15.0. The number of benzene rings is 1. The number of allylic oxidation sites excluding steroid dienone is 2. The van der Waals surface area contributed by atoms with Crippen LogP contribution in [0.1, 0.15) is 31.9 Å². The second kappa shape index (κ2) is 7.72. The van der Waals surface area contributed by atoms with Gasteiger partial charge in [0.2, 0.25) is 0 Å². The van der Waals surface area contributed by atoms with Crippen molar-refractivity contribution in [3.63, 3.8) is 0 Å². The molecule has 0 spiro atoms. The second-order valence-electron chi connectivity index (χ2n) is 6.05. The van der Waals surface area contributed by atoms with E-state index in [9.17, 15) is 10.5 Å². The van der Waals surface area contributed by atoms with Crippen LogP contribution >= 0.6 is 0 Å². The smallest absolute Gasteiger partial charge is 0.148 e. The van der Waals surface area contributed by atoms with E-state index in [1.165, 1.54) is 0 Å². The number of hydrogen-bond acceptors (Lipinski definition) is 5. The SMILES string of the molecule is CC(C)(C)CN/C(C#N)=C(/C#N)NCc1ccc(C#N)cc1. The molecule has 0 saturated heterocycles. The van der Waals surface area contributed by atoms with Crippen LogP contribution in [0.25, 0.3) is 0 Å². The summed E-state index contributed by atoms with van der Waals surface area (Å²) < 4.78 is 0. The van der Waals surface area contributed by atoms with E-state index in [-0.39, 0.29) is 16.8 Å². The molecule has 5 nitrogen and oxygen atoms in total. The van der Waals surface area contributed by atoms with E-state index in [0.717, 1.165) is 5.56 Å². The lowest BCUT2D eigenvalue weighted by Gasteiger charge is -2.19. The van der Waals surface area contributed by atoms with Crippen LogP contribution in [-0.2, 0) is 6.54 Å². The minimum Gasteiger partial charge on any atom is -0.374 e. The van der Waals surface area contributed by atoms with Crippen molar-refractivity contribution in [1.82, 2.24) is 10.6 Å². The Labute approximate surface area is 131 Å². The summed E-state index contributed by atoms with van der Waals surface area (Å²) in [6.45, 7) is 7.15. The van der Waals surface area contributed by atoms with Crippen LogP contribution in [-0.4, -0.2) is 6.54 Å². The van der Waals surface area contributed by atoms with Gasteiger partial charge in [0.1, 0.15) is 23.5 Å². The summed E-state index contributed by atoms with van der Waals surface area (Å²) in [5.74, 6) is 0. The summed E-state index contributed by atoms with van der Waals surface area (Å²) in [4.78, 5) is 0. The molecule has 0 amide bonds. The van der Waals surface area contributed by atoms with Gasteiger partial charge < -0.3 is 10.6 Å². The third-order valence-electron chi connectivity index (χ3n) is 2.82. The van der Waals surface area contributed by atoms with Crippen LogP contribution in [0.2, 0.25) is 0 Å². The monoisotopic (exact) mass is 293 g/mol. The normalized spacial score (nSPS) is 11.5. The molecule has 1 aromatic carbocycles. The maximum Gasteiger partial charge on any atom is 0.148 e. The van der Waals surface area contributed by atoms with E-state index >= 15 is 0 Å². The average molecular weight is 293 g/mol. The molecule has 0 fully saturated rings. The van der Waals surface area contributed by atoms with Crippen molar-refractivity contribution in [3.05, 3.63) is 46.8 Å². The Bertz CT molecular complexity index is 657. The first-order chi connectivity index (χ1) is 10.4. The zero-order chi connectivity index (χ0) is 16.6. The van der Waals surface area contributed by atoms with Gasteiger partial charge in [-0.1, -0.05) is 32.9 Å². The van der Waals surface area contributed by atoms with E-state index < -0.39 is 0 Å². The van der Waals surface area contributed by atoms with E-state index in [4.69, 9.17) is 5.26 Å². The van der Waals surface area contributed by atoms with E-state index in [1.807, 2.05) is 45.0 Å². The van der Waals surface area contributed by atoms with Crippen LogP contribution in [0.3, 0.4) is 0 Å². The molecule has 0 aliphatic carbocycles. The lowest BCUT2D eigenvalue weighted by atomic mass is 9.97. The fourth-order valence-corrected chi connectivity index (χ4v) is 1.61. The lowest BCUT2D eigenvalue weighted by Crippen LogP contribution is -2.28. The maximum atomic E-state index is 9.21. The van der Waals surface area contributed by atoms with Crippen molar-refractivity contribution in [2.45, 2.75) is 27.3 Å². The van der Waals surface area contributed by atoms with Crippen LogP contribution < -0.4 is 10.6 Å². The Balaban J connectivity index is 2.77. The van der Waals surface area contributed by atoms with Gasteiger partial charge in [-0.3, -0.25) is 0 Å². The Morgan fingerprint density at radius 3 is 1.95 bits per heavy atom. The molecule has 1 aromatic rings. The van der Waals surface area contributed by atoms with E-state index in [2.05, 4.69) is 16.7 Å². The zero-order valence-electron chi connectivity index (χ0n) is 13.1. The van der Waals surface area contributed by atoms with Gasteiger partial charge in [0.05, 0.1) is 11.6 Å². The van der Waals surface area contributed by atoms with Crippen molar-refractivity contribution in [2.24, 2.45) is 5.41 Å². The van der Waals surface area contributed by atoms with Crippen molar-refractivity contribution in [2.75, 3.05) is 6.54 Å². The standard InChI is InChI=1S/C17H19N5/c1-17(2,3)12-22-16(10-20)15(9-19)21-11-14-6-4-13(8-18)5-7-14/h4-7,21-22H,11-12H2,1-3H3/b16-15-. The first-order valence-electron chi connectivity index (χ1n) is 6.91. The highest BCUT2D eigenvalue weighted by Crippen LogP contribution is 2.12. The van der Waals surface area contributed by atoms with Gasteiger partial charge in [-0.25, -0.2) is 0 Å². The Morgan fingerprint density at radius 2 is 1.50 bits per heavy atom. The molecule has 112 valence electrons. The quantitative estimate of drug-likeness (QED) is 0.813. The number of hydrogen-bond donors (Lipinski definition) is 2. The molecular formula is C17H19N5. The molecule has 0 atom stereocenters. The Morgan fingerprint density at radius 1 is 0.955 bits per heavy atom. The number of rotatable bonds is 5. The Hall–Kier alpha value is -2.97. The lowest BCUT2D eigenvalue weighted by molar-refractivity contribution is 0.398. The van der Waals surface area contributed by atoms with E-state index in [0.29, 0.717) is 18.7 Å². The third-order valence-corrected chi connectivity index (χ3v) is 2.82. The largest absolute Gasteiger partial charge is 0.374 e. The summed E-state index contributed by atoms with van der Waals surface area (Å²) in [7, 11) is 0. The van der Waals surface area contributed by atoms with Crippen LogP contribution in [0.5, 0.6) is 0 Å². The molecule has 0 saturated carbocycles. The van der Waals surface area contributed by atoms with Crippen molar-refractivity contribution >= 4 is 0 Å². The molecule has 0 heterocycles. The first kappa shape index (κ1) is 17.1. The third kappa shape index (κ3) is 5.57. The van der Waals surface area contributed by atoms with Gasteiger partial charge in [-0.05, 0) is 23.1 Å². The van der Waals surface area contributed by atoms with Gasteiger partial charge in [-0.2, -0.15) is 15.8 Å². The minimum atomic E-state index is 0.00971. The molecule has 22 heavy (non-hydrogen) atoms. The summed E-state index contributed by atoms with van der Waals surface area (Å²) in [6.07, 6.45) is 0. The number of nitrogens with one attached hydrogen (secondary N) is 2. The van der Waals surface area contributed by atoms with Crippen LogP contribution in [0.4, 0.5) is 0 Å². The van der Waals surface area contributed by atoms with Crippen molar-refractivity contribution in [3.8, 4) is 18.2 Å². The Kier molecular flexibility index (Phi) is 5.99. The average Bonchev–Trinajstić information content (AvgIpc) is 2.50. The first-order valence-corrected chi connectivity index (χ1v) is 6.91. The topological polar surface area (TPSA) is 95.4 Å². The summed E-state index contributed by atoms with van der Waals surface area (Å²) in [5, 5.41) is 33.1. The van der Waals surface area contributed by atoms with Crippen LogP contribution in [0, 0.1) is 39.4 Å². The molecule has 0 aliphatic rings. The zero-order valence-corrected chi connectivity index (χ0v) is 13.1. The highest BCUT2D eigenvalue weighted by Gasteiger charge is 2.13. The maximum absolute atomic E-state index is 9.21. The van der Waals surface area contributed by atoms with Gasteiger partial charge in [-0.15, -0.1) is 0 Å². The number of nitriles is 3. The molecule has 0 radical (unpaired) electrons. The van der Waals surface area contributed by atoms with Gasteiger partial charge >= 0.3 is 0 Å². The van der Waals surface area contributed by atoms with Crippen molar-refractivity contribution in [1.29, 1.82) is 15.8 Å². The van der Waals surface area contributed by atoms with Crippen LogP contribution in [0.15, 0.2) is 35.7 Å². The molecule has 1 rings (SSSR count). The van der Waals surface area contributed by atoms with E-state index in [1.54, 1.807) is 12.1 Å². The molecular weight excluding hydrogens is 274 g/mol. The number of nitrogens with zero attached hydrogens (tertiary/aromatic N) is 3. The fraction of sp³-hybridized carbons (Fsp3) is 0.353. The molecule has 0 unspecified atom stereocenters. The molecule has 0 aromatic heterocycles. The fourth-order valence-electron chi connectivity index (χ4n) is 1.61. The summed E-state index contributed by atoms with van der Waals surface area (Å²) >= 11 is 0. The molecule has 2 N–H and O–H groups in total.